The second-order valence-electron chi connectivity index (χ2n) is 4.33. The standard InChI is InChI=1S/C13H18OS/c14-15(13-9-5-2-6-10-13)11-12-7-3-1-4-8-12/h2,5-6,9-10,12H,1,3-4,7-8,11H2/t15-/m1/s1. The molecule has 0 heterocycles. The Hall–Kier alpha value is -0.630. The van der Waals surface area contributed by atoms with E-state index in [-0.39, 0.29) is 0 Å². The second kappa shape index (κ2) is 5.45. The molecule has 1 saturated carbocycles. The molecule has 0 aliphatic heterocycles. The van der Waals surface area contributed by atoms with Crippen LogP contribution in [0.2, 0.25) is 0 Å². The highest BCUT2D eigenvalue weighted by atomic mass is 32.2. The van der Waals surface area contributed by atoms with E-state index in [2.05, 4.69) is 0 Å². The summed E-state index contributed by atoms with van der Waals surface area (Å²) in [5.41, 5.74) is 0. The van der Waals surface area contributed by atoms with Crippen molar-refractivity contribution in [2.24, 2.45) is 5.92 Å². The maximum absolute atomic E-state index is 12.0. The van der Waals surface area contributed by atoms with Crippen molar-refractivity contribution in [1.82, 2.24) is 0 Å². The highest BCUT2D eigenvalue weighted by Crippen LogP contribution is 2.25. The molecule has 15 heavy (non-hydrogen) atoms. The lowest BCUT2D eigenvalue weighted by atomic mass is 9.91. The molecule has 0 unspecified atom stereocenters. The van der Waals surface area contributed by atoms with Gasteiger partial charge in [-0.05, 0) is 30.9 Å². The third-order valence-corrected chi connectivity index (χ3v) is 4.69. The van der Waals surface area contributed by atoms with Gasteiger partial charge in [0.1, 0.15) is 0 Å². The average Bonchev–Trinajstić information content (AvgIpc) is 2.31. The highest BCUT2D eigenvalue weighted by molar-refractivity contribution is 7.85. The van der Waals surface area contributed by atoms with Crippen LogP contribution in [-0.2, 0) is 10.8 Å². The summed E-state index contributed by atoms with van der Waals surface area (Å²) in [4.78, 5) is 0.989. The predicted octanol–water partition coefficient (Wildman–Crippen LogP) is 3.37. The second-order valence-corrected chi connectivity index (χ2v) is 5.83. The van der Waals surface area contributed by atoms with Gasteiger partial charge < -0.3 is 0 Å². The molecule has 0 amide bonds. The molecule has 2 heteroatoms. The van der Waals surface area contributed by atoms with Gasteiger partial charge in [0, 0.05) is 10.6 Å². The Labute approximate surface area is 94.4 Å². The molecule has 0 aromatic heterocycles. The molecule has 0 N–H and O–H groups in total. The van der Waals surface area contributed by atoms with Gasteiger partial charge in [0.25, 0.3) is 0 Å². The molecule has 82 valence electrons. The van der Waals surface area contributed by atoms with E-state index in [9.17, 15) is 4.21 Å². The number of rotatable bonds is 3. The van der Waals surface area contributed by atoms with Gasteiger partial charge in [-0.25, -0.2) is 0 Å². The molecule has 1 nitrogen and oxygen atoms in total. The van der Waals surface area contributed by atoms with E-state index in [4.69, 9.17) is 0 Å². The Morgan fingerprint density at radius 1 is 1.07 bits per heavy atom. The van der Waals surface area contributed by atoms with Crippen LogP contribution in [0.3, 0.4) is 0 Å². The molecular formula is C13H18OS. The average molecular weight is 222 g/mol. The zero-order valence-corrected chi connectivity index (χ0v) is 9.84. The van der Waals surface area contributed by atoms with Gasteiger partial charge in [-0.2, -0.15) is 0 Å². The molecule has 1 aliphatic carbocycles. The fourth-order valence-electron chi connectivity index (χ4n) is 2.24. The van der Waals surface area contributed by atoms with Gasteiger partial charge in [-0.15, -0.1) is 0 Å². The summed E-state index contributed by atoms with van der Waals surface area (Å²) in [7, 11) is -0.781. The lowest BCUT2D eigenvalue weighted by Gasteiger charge is -2.20. The van der Waals surface area contributed by atoms with Crippen molar-refractivity contribution in [1.29, 1.82) is 0 Å². The molecule has 1 aromatic carbocycles. The first-order valence-electron chi connectivity index (χ1n) is 5.79. The summed E-state index contributed by atoms with van der Waals surface area (Å²) in [6.45, 7) is 0. The molecular weight excluding hydrogens is 204 g/mol. The fourth-order valence-corrected chi connectivity index (χ4v) is 3.65. The van der Waals surface area contributed by atoms with Crippen LogP contribution in [-0.4, -0.2) is 9.96 Å². The minimum Gasteiger partial charge on any atom is -0.254 e. The monoisotopic (exact) mass is 222 g/mol. The molecule has 1 atom stereocenters. The quantitative estimate of drug-likeness (QED) is 0.766. The van der Waals surface area contributed by atoms with Crippen LogP contribution in [0.15, 0.2) is 35.2 Å². The summed E-state index contributed by atoms with van der Waals surface area (Å²) in [6.07, 6.45) is 6.58. The maximum Gasteiger partial charge on any atom is 0.0532 e. The van der Waals surface area contributed by atoms with Gasteiger partial charge in [0.05, 0.1) is 10.8 Å². The summed E-state index contributed by atoms with van der Waals surface area (Å²) in [5, 5.41) is 0. The van der Waals surface area contributed by atoms with Gasteiger partial charge in [0.2, 0.25) is 0 Å². The van der Waals surface area contributed by atoms with Crippen LogP contribution in [0.1, 0.15) is 32.1 Å². The van der Waals surface area contributed by atoms with E-state index in [0.717, 1.165) is 10.6 Å². The van der Waals surface area contributed by atoms with E-state index in [1.165, 1.54) is 32.1 Å². The molecule has 2 rings (SSSR count). The van der Waals surface area contributed by atoms with Crippen molar-refractivity contribution < 1.29 is 4.21 Å². The first-order valence-corrected chi connectivity index (χ1v) is 7.11. The number of hydrogen-bond donors (Lipinski definition) is 0. The molecule has 1 fully saturated rings. The predicted molar refractivity (Wildman–Crippen MR) is 64.3 cm³/mol. The van der Waals surface area contributed by atoms with Crippen molar-refractivity contribution in [2.75, 3.05) is 5.75 Å². The Balaban J connectivity index is 1.91. The Kier molecular flexibility index (Phi) is 3.95. The molecule has 0 radical (unpaired) electrons. The minimum atomic E-state index is -0.781. The van der Waals surface area contributed by atoms with E-state index in [0.29, 0.717) is 5.92 Å². The summed E-state index contributed by atoms with van der Waals surface area (Å²) < 4.78 is 12.0. The van der Waals surface area contributed by atoms with E-state index >= 15 is 0 Å². The van der Waals surface area contributed by atoms with Gasteiger partial charge >= 0.3 is 0 Å². The van der Waals surface area contributed by atoms with Crippen LogP contribution < -0.4 is 0 Å². The van der Waals surface area contributed by atoms with Gasteiger partial charge in [0.15, 0.2) is 0 Å². The maximum atomic E-state index is 12.0. The van der Waals surface area contributed by atoms with Crippen LogP contribution in [0.25, 0.3) is 0 Å². The van der Waals surface area contributed by atoms with Crippen molar-refractivity contribution in [2.45, 2.75) is 37.0 Å². The summed E-state index contributed by atoms with van der Waals surface area (Å²) >= 11 is 0. The van der Waals surface area contributed by atoms with E-state index < -0.39 is 10.8 Å². The summed E-state index contributed by atoms with van der Waals surface area (Å²) in [5.74, 6) is 1.56. The Morgan fingerprint density at radius 2 is 1.73 bits per heavy atom. The zero-order chi connectivity index (χ0) is 10.5. The van der Waals surface area contributed by atoms with Crippen molar-refractivity contribution in [3.8, 4) is 0 Å². The molecule has 1 aliphatic rings. The normalized spacial score (nSPS) is 20.0. The van der Waals surface area contributed by atoms with Crippen LogP contribution in [0.5, 0.6) is 0 Å². The van der Waals surface area contributed by atoms with Crippen molar-refractivity contribution in [3.05, 3.63) is 30.3 Å². The lowest BCUT2D eigenvalue weighted by molar-refractivity contribution is 0.388. The van der Waals surface area contributed by atoms with Gasteiger partial charge in [-0.1, -0.05) is 37.5 Å². The third kappa shape index (κ3) is 3.16. The fraction of sp³-hybridized carbons (Fsp3) is 0.538. The van der Waals surface area contributed by atoms with Gasteiger partial charge in [-0.3, -0.25) is 4.21 Å². The smallest absolute Gasteiger partial charge is 0.0532 e. The highest BCUT2D eigenvalue weighted by Gasteiger charge is 2.16. The molecule has 0 bridgehead atoms. The molecule has 1 aromatic rings. The number of hydrogen-bond acceptors (Lipinski definition) is 1. The Morgan fingerprint density at radius 3 is 2.40 bits per heavy atom. The number of benzene rings is 1. The zero-order valence-electron chi connectivity index (χ0n) is 9.02. The first kappa shape index (κ1) is 10.9. The van der Waals surface area contributed by atoms with Crippen LogP contribution in [0.4, 0.5) is 0 Å². The van der Waals surface area contributed by atoms with E-state index in [1.807, 2.05) is 30.3 Å². The first-order chi connectivity index (χ1) is 7.36. The topological polar surface area (TPSA) is 17.1 Å². The Bertz CT molecular complexity index is 315. The third-order valence-electron chi connectivity index (χ3n) is 3.12. The van der Waals surface area contributed by atoms with Crippen molar-refractivity contribution >= 4 is 10.8 Å². The van der Waals surface area contributed by atoms with Crippen LogP contribution in [0, 0.1) is 5.92 Å². The lowest BCUT2D eigenvalue weighted by Crippen LogP contribution is -2.14. The van der Waals surface area contributed by atoms with Crippen molar-refractivity contribution in [3.63, 3.8) is 0 Å². The summed E-state index contributed by atoms with van der Waals surface area (Å²) in [6, 6.07) is 9.85. The minimum absolute atomic E-state index is 0.694. The van der Waals surface area contributed by atoms with Crippen LogP contribution >= 0.6 is 0 Å². The van der Waals surface area contributed by atoms with E-state index in [1.54, 1.807) is 0 Å². The molecule has 0 spiro atoms. The largest absolute Gasteiger partial charge is 0.254 e. The molecule has 0 saturated heterocycles. The SMILES string of the molecule is O=[S@](CC1CCCCC1)c1ccccc1.